The Morgan fingerprint density at radius 3 is 2.39 bits per heavy atom. The van der Waals surface area contributed by atoms with Crippen LogP contribution in [0.15, 0.2) is 30.6 Å². The lowest BCUT2D eigenvalue weighted by Gasteiger charge is -2.28. The number of imidazole rings is 1. The number of aryl methyl sites for hydroxylation is 2. The average Bonchev–Trinajstić information content (AvgIpc) is 3.31. The van der Waals surface area contributed by atoms with Crippen molar-refractivity contribution in [3.8, 4) is 11.4 Å². The molecule has 0 saturated carbocycles. The van der Waals surface area contributed by atoms with Crippen molar-refractivity contribution in [3.05, 3.63) is 42.0 Å². The van der Waals surface area contributed by atoms with Crippen LogP contribution < -0.4 is 10.2 Å². The molecule has 9 nitrogen and oxygen atoms in total. The first-order valence-electron chi connectivity index (χ1n) is 11.4. The summed E-state index contributed by atoms with van der Waals surface area (Å²) >= 11 is 0. The van der Waals surface area contributed by atoms with E-state index in [1.807, 2.05) is 18.7 Å². The Balaban J connectivity index is 1.53. The molecule has 0 spiro atoms. The molecule has 0 unspecified atom stereocenters. The minimum Gasteiger partial charge on any atom is -0.378 e. The molecule has 33 heavy (non-hydrogen) atoms. The SMILES string of the molecule is Cc1nn(C)c(C)c1-c1nc2c(Nc3ccc(N4CCOCC4)cc3)ncnc2n1C(C)C. The Labute approximate surface area is 193 Å². The summed E-state index contributed by atoms with van der Waals surface area (Å²) < 4.78 is 9.52. The van der Waals surface area contributed by atoms with Crippen LogP contribution in [0.25, 0.3) is 22.6 Å². The number of fused-ring (bicyclic) bond motifs is 1. The molecule has 3 aromatic heterocycles. The average molecular weight is 447 g/mol. The second-order valence-corrected chi connectivity index (χ2v) is 8.73. The quantitative estimate of drug-likeness (QED) is 0.496. The molecule has 5 rings (SSSR count). The lowest BCUT2D eigenvalue weighted by atomic mass is 10.2. The van der Waals surface area contributed by atoms with Crippen molar-refractivity contribution in [1.82, 2.24) is 29.3 Å². The molecule has 4 aromatic rings. The van der Waals surface area contributed by atoms with E-state index in [0.29, 0.717) is 5.82 Å². The second kappa shape index (κ2) is 8.47. The highest BCUT2D eigenvalue weighted by atomic mass is 16.5. The summed E-state index contributed by atoms with van der Waals surface area (Å²) in [5, 5.41) is 8.05. The number of morpholine rings is 1. The predicted octanol–water partition coefficient (Wildman–Crippen LogP) is 4.00. The molecule has 0 aliphatic carbocycles. The van der Waals surface area contributed by atoms with Crippen molar-refractivity contribution in [2.45, 2.75) is 33.7 Å². The van der Waals surface area contributed by atoms with Gasteiger partial charge in [0.25, 0.3) is 0 Å². The molecular formula is C24H30N8O. The summed E-state index contributed by atoms with van der Waals surface area (Å²) in [6.07, 6.45) is 1.60. The van der Waals surface area contributed by atoms with Gasteiger partial charge in [-0.25, -0.2) is 15.0 Å². The number of ether oxygens (including phenoxy) is 1. The van der Waals surface area contributed by atoms with Gasteiger partial charge in [-0.05, 0) is 52.0 Å². The zero-order chi connectivity index (χ0) is 23.1. The molecule has 4 heterocycles. The summed E-state index contributed by atoms with van der Waals surface area (Å²) in [6, 6.07) is 8.60. The van der Waals surface area contributed by atoms with Gasteiger partial charge in [-0.3, -0.25) is 4.68 Å². The molecule has 0 atom stereocenters. The van der Waals surface area contributed by atoms with E-state index in [0.717, 1.165) is 65.9 Å². The van der Waals surface area contributed by atoms with Crippen molar-refractivity contribution in [2.75, 3.05) is 36.5 Å². The van der Waals surface area contributed by atoms with E-state index in [9.17, 15) is 0 Å². The van der Waals surface area contributed by atoms with Crippen LogP contribution in [-0.4, -0.2) is 55.6 Å². The minimum absolute atomic E-state index is 0.180. The van der Waals surface area contributed by atoms with Crippen LogP contribution in [0.5, 0.6) is 0 Å². The first kappa shape index (κ1) is 21.4. The van der Waals surface area contributed by atoms with Crippen LogP contribution >= 0.6 is 0 Å². The summed E-state index contributed by atoms with van der Waals surface area (Å²) in [7, 11) is 1.96. The molecule has 1 fully saturated rings. The van der Waals surface area contributed by atoms with Crippen molar-refractivity contribution < 1.29 is 4.74 Å². The van der Waals surface area contributed by atoms with E-state index in [2.05, 4.69) is 74.9 Å². The van der Waals surface area contributed by atoms with Gasteiger partial charge in [0.05, 0.1) is 24.5 Å². The monoisotopic (exact) mass is 446 g/mol. The summed E-state index contributed by atoms with van der Waals surface area (Å²) in [6.45, 7) is 11.8. The van der Waals surface area contributed by atoms with E-state index in [-0.39, 0.29) is 6.04 Å². The molecule has 1 aliphatic rings. The maximum atomic E-state index is 5.46. The lowest BCUT2D eigenvalue weighted by molar-refractivity contribution is 0.122. The van der Waals surface area contributed by atoms with Crippen LogP contribution in [0.2, 0.25) is 0 Å². The van der Waals surface area contributed by atoms with Crippen LogP contribution in [0.1, 0.15) is 31.3 Å². The molecule has 1 N–H and O–H groups in total. The number of benzene rings is 1. The minimum atomic E-state index is 0.180. The molecule has 0 bridgehead atoms. The van der Waals surface area contributed by atoms with Gasteiger partial charge in [-0.2, -0.15) is 5.10 Å². The van der Waals surface area contributed by atoms with Crippen LogP contribution in [0, 0.1) is 13.8 Å². The first-order chi connectivity index (χ1) is 15.9. The predicted molar refractivity (Wildman–Crippen MR) is 130 cm³/mol. The first-order valence-corrected chi connectivity index (χ1v) is 11.4. The Kier molecular flexibility index (Phi) is 5.49. The number of rotatable bonds is 5. The summed E-state index contributed by atoms with van der Waals surface area (Å²) in [4.78, 5) is 16.5. The van der Waals surface area contributed by atoms with Gasteiger partial charge >= 0.3 is 0 Å². The molecule has 172 valence electrons. The zero-order valence-corrected chi connectivity index (χ0v) is 19.8. The molecule has 0 radical (unpaired) electrons. The Morgan fingerprint density at radius 1 is 1.03 bits per heavy atom. The van der Waals surface area contributed by atoms with Crippen LogP contribution in [-0.2, 0) is 11.8 Å². The van der Waals surface area contributed by atoms with Crippen molar-refractivity contribution in [1.29, 1.82) is 0 Å². The third kappa shape index (κ3) is 3.82. The van der Waals surface area contributed by atoms with Crippen molar-refractivity contribution >= 4 is 28.4 Å². The van der Waals surface area contributed by atoms with Gasteiger partial charge in [0.2, 0.25) is 0 Å². The molecular weight excluding hydrogens is 416 g/mol. The zero-order valence-electron chi connectivity index (χ0n) is 19.8. The Bertz CT molecular complexity index is 1280. The standard InChI is InChI=1S/C24H30N8O/c1-15(2)32-23(20-16(3)29-30(5)17(20)4)28-21-22(25-14-26-24(21)32)27-18-6-8-19(9-7-18)31-10-12-33-13-11-31/h6-9,14-15H,10-13H2,1-5H3,(H,25,26,27). The second-order valence-electron chi connectivity index (χ2n) is 8.73. The fraction of sp³-hybridized carbons (Fsp3) is 0.417. The topological polar surface area (TPSA) is 85.9 Å². The van der Waals surface area contributed by atoms with Gasteiger partial charge in [-0.15, -0.1) is 0 Å². The maximum Gasteiger partial charge on any atom is 0.166 e. The highest BCUT2D eigenvalue weighted by molar-refractivity contribution is 5.89. The number of anilines is 3. The van der Waals surface area contributed by atoms with Crippen molar-refractivity contribution in [2.24, 2.45) is 7.05 Å². The summed E-state index contributed by atoms with van der Waals surface area (Å²) in [5.74, 6) is 1.56. The van der Waals surface area contributed by atoms with E-state index < -0.39 is 0 Å². The fourth-order valence-corrected chi connectivity index (χ4v) is 4.48. The largest absolute Gasteiger partial charge is 0.378 e. The third-order valence-corrected chi connectivity index (χ3v) is 6.23. The number of nitrogens with one attached hydrogen (secondary N) is 1. The normalized spacial score (nSPS) is 14.4. The Hall–Kier alpha value is -3.46. The van der Waals surface area contributed by atoms with E-state index in [1.165, 1.54) is 5.69 Å². The Morgan fingerprint density at radius 2 is 1.76 bits per heavy atom. The number of nitrogens with zero attached hydrogens (tertiary/aromatic N) is 7. The van der Waals surface area contributed by atoms with Crippen molar-refractivity contribution in [3.63, 3.8) is 0 Å². The van der Waals surface area contributed by atoms with Gasteiger partial charge in [0, 0.05) is 43.2 Å². The van der Waals surface area contributed by atoms with Crippen LogP contribution in [0.4, 0.5) is 17.2 Å². The van der Waals surface area contributed by atoms with E-state index >= 15 is 0 Å². The molecule has 1 aromatic carbocycles. The number of hydrogen-bond acceptors (Lipinski definition) is 7. The maximum absolute atomic E-state index is 5.46. The summed E-state index contributed by atoms with van der Waals surface area (Å²) in [5.41, 5.74) is 6.79. The van der Waals surface area contributed by atoms with Gasteiger partial charge in [-0.1, -0.05) is 0 Å². The van der Waals surface area contributed by atoms with Gasteiger partial charge < -0.3 is 19.5 Å². The number of aromatic nitrogens is 6. The van der Waals surface area contributed by atoms with Gasteiger partial charge in [0.15, 0.2) is 17.0 Å². The van der Waals surface area contributed by atoms with E-state index in [4.69, 9.17) is 9.72 Å². The molecule has 9 heteroatoms. The van der Waals surface area contributed by atoms with Gasteiger partial charge in [0.1, 0.15) is 12.2 Å². The number of hydrogen-bond donors (Lipinski definition) is 1. The fourth-order valence-electron chi connectivity index (χ4n) is 4.48. The third-order valence-electron chi connectivity index (χ3n) is 6.23. The lowest BCUT2D eigenvalue weighted by Crippen LogP contribution is -2.36. The highest BCUT2D eigenvalue weighted by Crippen LogP contribution is 2.34. The highest BCUT2D eigenvalue weighted by Gasteiger charge is 2.23. The molecule has 1 saturated heterocycles. The molecule has 0 amide bonds. The molecule has 1 aliphatic heterocycles. The van der Waals surface area contributed by atoms with E-state index in [1.54, 1.807) is 6.33 Å². The van der Waals surface area contributed by atoms with Crippen LogP contribution in [0.3, 0.4) is 0 Å². The smallest absolute Gasteiger partial charge is 0.166 e.